The predicted molar refractivity (Wildman–Crippen MR) is 136 cm³/mol. The molecule has 0 saturated carbocycles. The molecular weight excluding hydrogens is 466 g/mol. The number of ether oxygens (including phenoxy) is 2. The molecule has 0 unspecified atom stereocenters. The summed E-state index contributed by atoms with van der Waals surface area (Å²) in [6, 6.07) is 6.58. The predicted octanol–water partition coefficient (Wildman–Crippen LogP) is 4.95. The Hall–Kier alpha value is -2.45. The van der Waals surface area contributed by atoms with Gasteiger partial charge in [0.05, 0.1) is 4.90 Å². The zero-order valence-electron chi connectivity index (χ0n) is 22.2. The number of aryl methyl sites for hydroxylation is 1. The maximum absolute atomic E-state index is 13.6. The Balaban J connectivity index is 2.62. The molecule has 0 amide bonds. The van der Waals surface area contributed by atoms with Crippen molar-refractivity contribution in [1.29, 1.82) is 0 Å². The number of benzene rings is 1. The third kappa shape index (κ3) is 7.27. The third-order valence-corrected chi connectivity index (χ3v) is 7.48. The van der Waals surface area contributed by atoms with Gasteiger partial charge in [0.25, 0.3) is 0 Å². The normalized spacial score (nSPS) is 19.0. The SMILES string of the molecule is C=C(C)/C1=C/CC(C(=O)OC(C)(C)C)(C(=O)OC(C)(C)C)CCN(S(=O)(=O)c2ccc(C)cc2)C1. The van der Waals surface area contributed by atoms with Crippen LogP contribution in [0.1, 0.15) is 66.9 Å². The first-order chi connectivity index (χ1) is 15.9. The number of nitrogens with zero attached hydrogens (tertiary/aromatic N) is 1. The largest absolute Gasteiger partial charge is 0.459 e. The van der Waals surface area contributed by atoms with E-state index >= 15 is 0 Å². The minimum absolute atomic E-state index is 0.0252. The summed E-state index contributed by atoms with van der Waals surface area (Å²) in [6.07, 6.45) is 1.66. The first-order valence-electron chi connectivity index (χ1n) is 11.8. The van der Waals surface area contributed by atoms with Gasteiger partial charge < -0.3 is 9.47 Å². The Morgan fingerprint density at radius 1 is 0.971 bits per heavy atom. The summed E-state index contributed by atoms with van der Waals surface area (Å²) in [7, 11) is -3.91. The highest BCUT2D eigenvalue weighted by atomic mass is 32.2. The van der Waals surface area contributed by atoms with Gasteiger partial charge in [-0.25, -0.2) is 8.42 Å². The van der Waals surface area contributed by atoms with Crippen molar-refractivity contribution in [2.24, 2.45) is 5.41 Å². The van der Waals surface area contributed by atoms with Crippen LogP contribution in [0.2, 0.25) is 0 Å². The second-order valence-corrected chi connectivity index (χ2v) is 13.1. The topological polar surface area (TPSA) is 90.0 Å². The number of sulfonamides is 1. The van der Waals surface area contributed by atoms with E-state index in [1.54, 1.807) is 78.8 Å². The van der Waals surface area contributed by atoms with E-state index in [2.05, 4.69) is 6.58 Å². The molecule has 2 rings (SSSR count). The Morgan fingerprint density at radius 3 is 1.89 bits per heavy atom. The van der Waals surface area contributed by atoms with E-state index in [9.17, 15) is 18.0 Å². The summed E-state index contributed by atoms with van der Waals surface area (Å²) in [5, 5.41) is 0. The molecule has 194 valence electrons. The molecule has 0 atom stereocenters. The fourth-order valence-corrected chi connectivity index (χ4v) is 5.05. The molecule has 1 aliphatic rings. The van der Waals surface area contributed by atoms with Gasteiger partial charge in [-0.05, 0) is 85.9 Å². The molecule has 0 radical (unpaired) electrons. The molecule has 35 heavy (non-hydrogen) atoms. The summed E-state index contributed by atoms with van der Waals surface area (Å²) in [5.41, 5.74) is -1.17. The first-order valence-corrected chi connectivity index (χ1v) is 13.2. The Kier molecular flexibility index (Phi) is 8.44. The molecule has 1 aromatic rings. The lowest BCUT2D eigenvalue weighted by atomic mass is 9.78. The van der Waals surface area contributed by atoms with Gasteiger partial charge in [-0.15, -0.1) is 0 Å². The highest BCUT2D eigenvalue weighted by Gasteiger charge is 2.51. The van der Waals surface area contributed by atoms with E-state index in [-0.39, 0.29) is 30.8 Å². The summed E-state index contributed by atoms with van der Waals surface area (Å²) < 4.78 is 39.8. The van der Waals surface area contributed by atoms with Gasteiger partial charge in [-0.2, -0.15) is 4.31 Å². The molecular formula is C27H39NO6S. The second-order valence-electron chi connectivity index (χ2n) is 11.2. The van der Waals surface area contributed by atoms with Gasteiger partial charge in [0, 0.05) is 13.1 Å². The molecule has 8 heteroatoms. The third-order valence-electron chi connectivity index (χ3n) is 5.62. The lowest BCUT2D eigenvalue weighted by Gasteiger charge is -2.37. The fraction of sp³-hybridized carbons (Fsp3) is 0.556. The Morgan fingerprint density at radius 2 is 1.46 bits per heavy atom. The van der Waals surface area contributed by atoms with Crippen molar-refractivity contribution in [1.82, 2.24) is 4.31 Å². The number of hydrogen-bond donors (Lipinski definition) is 0. The lowest BCUT2D eigenvalue weighted by molar-refractivity contribution is -0.186. The summed E-state index contributed by atoms with van der Waals surface area (Å²) >= 11 is 0. The van der Waals surface area contributed by atoms with Gasteiger partial charge in [0.1, 0.15) is 11.2 Å². The molecule has 1 aliphatic heterocycles. The average molecular weight is 506 g/mol. The van der Waals surface area contributed by atoms with E-state index in [1.165, 1.54) is 4.31 Å². The van der Waals surface area contributed by atoms with Crippen LogP contribution in [0.15, 0.2) is 53.0 Å². The Bertz CT molecular complexity index is 1070. The van der Waals surface area contributed by atoms with E-state index in [0.717, 1.165) is 5.56 Å². The van der Waals surface area contributed by atoms with E-state index in [1.807, 2.05) is 6.92 Å². The second kappa shape index (κ2) is 10.3. The van der Waals surface area contributed by atoms with Crippen molar-refractivity contribution in [3.8, 4) is 0 Å². The molecule has 0 N–H and O–H groups in total. The van der Waals surface area contributed by atoms with Crippen LogP contribution in [0.25, 0.3) is 0 Å². The molecule has 7 nitrogen and oxygen atoms in total. The monoisotopic (exact) mass is 505 g/mol. The van der Waals surface area contributed by atoms with Crippen LogP contribution in [-0.4, -0.2) is 49.0 Å². The molecule has 0 aromatic heterocycles. The number of carbonyl (C=O) groups excluding carboxylic acids is 2. The molecule has 1 aromatic carbocycles. The highest BCUT2D eigenvalue weighted by Crippen LogP contribution is 2.38. The summed E-state index contributed by atoms with van der Waals surface area (Å²) in [4.78, 5) is 27.2. The lowest BCUT2D eigenvalue weighted by Crippen LogP contribution is -2.49. The van der Waals surface area contributed by atoms with Crippen molar-refractivity contribution in [3.63, 3.8) is 0 Å². The fourth-order valence-electron chi connectivity index (χ4n) is 3.63. The van der Waals surface area contributed by atoms with Crippen molar-refractivity contribution >= 4 is 22.0 Å². The van der Waals surface area contributed by atoms with Crippen LogP contribution in [0.3, 0.4) is 0 Å². The summed E-state index contributed by atoms with van der Waals surface area (Å²) in [5.74, 6) is -1.46. The smallest absolute Gasteiger partial charge is 0.324 e. The van der Waals surface area contributed by atoms with Gasteiger partial charge in [0.15, 0.2) is 5.41 Å². The maximum Gasteiger partial charge on any atom is 0.324 e. The zero-order chi connectivity index (χ0) is 26.8. The van der Waals surface area contributed by atoms with Gasteiger partial charge in [0.2, 0.25) is 10.0 Å². The van der Waals surface area contributed by atoms with Crippen molar-refractivity contribution in [3.05, 3.63) is 53.6 Å². The van der Waals surface area contributed by atoms with Crippen molar-refractivity contribution in [2.75, 3.05) is 13.1 Å². The molecule has 0 fully saturated rings. The molecule has 0 aliphatic carbocycles. The maximum atomic E-state index is 13.6. The molecule has 1 heterocycles. The molecule has 0 bridgehead atoms. The standard InChI is InChI=1S/C27H39NO6S/c1-19(2)21-14-15-27(23(29)33-25(4,5)6,24(30)34-26(7,8)9)16-17-28(18-21)35(31,32)22-12-10-20(3)11-13-22/h10-14H,1,15-18H2,2-9H3/b21-14+. The van der Waals surface area contributed by atoms with Crippen LogP contribution < -0.4 is 0 Å². The van der Waals surface area contributed by atoms with Crippen molar-refractivity contribution in [2.45, 2.75) is 84.3 Å². The van der Waals surface area contributed by atoms with Gasteiger partial charge >= 0.3 is 11.9 Å². The minimum atomic E-state index is -3.91. The minimum Gasteiger partial charge on any atom is -0.459 e. The van der Waals surface area contributed by atoms with E-state index < -0.39 is 38.6 Å². The van der Waals surface area contributed by atoms with E-state index in [4.69, 9.17) is 9.47 Å². The quantitative estimate of drug-likeness (QED) is 0.415. The van der Waals surface area contributed by atoms with Gasteiger partial charge in [-0.1, -0.05) is 35.9 Å². The number of allylic oxidation sites excluding steroid dienone is 1. The van der Waals surface area contributed by atoms with Crippen LogP contribution >= 0.6 is 0 Å². The number of hydrogen-bond acceptors (Lipinski definition) is 6. The van der Waals surface area contributed by atoms with Gasteiger partial charge in [-0.3, -0.25) is 9.59 Å². The van der Waals surface area contributed by atoms with Crippen LogP contribution in [0, 0.1) is 12.3 Å². The first kappa shape index (κ1) is 28.8. The zero-order valence-corrected chi connectivity index (χ0v) is 23.0. The average Bonchev–Trinajstić information content (AvgIpc) is 2.65. The van der Waals surface area contributed by atoms with Crippen LogP contribution in [-0.2, 0) is 29.1 Å². The summed E-state index contributed by atoms with van der Waals surface area (Å²) in [6.45, 7) is 18.0. The van der Waals surface area contributed by atoms with Crippen LogP contribution in [0.4, 0.5) is 0 Å². The van der Waals surface area contributed by atoms with Crippen molar-refractivity contribution < 1.29 is 27.5 Å². The number of esters is 2. The number of carbonyl (C=O) groups is 2. The number of rotatable bonds is 5. The molecule has 0 spiro atoms. The van der Waals surface area contributed by atoms with Crippen LogP contribution in [0.5, 0.6) is 0 Å². The highest BCUT2D eigenvalue weighted by molar-refractivity contribution is 7.89. The van der Waals surface area contributed by atoms with E-state index in [0.29, 0.717) is 11.1 Å². The Labute approximate surface area is 210 Å². The molecule has 0 saturated heterocycles.